The molecule has 1 aromatic carbocycles. The van der Waals surface area contributed by atoms with Crippen LogP contribution in [0.1, 0.15) is 76.8 Å². The van der Waals surface area contributed by atoms with Gasteiger partial charge in [0.15, 0.2) is 6.04 Å². The van der Waals surface area contributed by atoms with Crippen molar-refractivity contribution in [3.05, 3.63) is 41.5 Å². The van der Waals surface area contributed by atoms with Gasteiger partial charge < -0.3 is 35.5 Å². The van der Waals surface area contributed by atoms with Crippen molar-refractivity contribution in [1.82, 2.24) is 20.4 Å². The van der Waals surface area contributed by atoms with Crippen molar-refractivity contribution < 1.29 is 39.1 Å². The van der Waals surface area contributed by atoms with E-state index >= 15 is 0 Å². The molecule has 5 atom stereocenters. The van der Waals surface area contributed by atoms with Crippen LogP contribution in [-0.2, 0) is 36.9 Å². The lowest BCUT2D eigenvalue weighted by atomic mass is 10.1. The van der Waals surface area contributed by atoms with Gasteiger partial charge in [0.1, 0.15) is 30.0 Å². The molecular weight excluding hydrogens is 590 g/mol. The molecule has 12 nitrogen and oxygen atoms in total. The number of fused-ring (bicyclic) bond motifs is 3. The number of allylic oxidation sites excluding steroid dienone is 1. The Bertz CT molecular complexity index is 1320. The van der Waals surface area contributed by atoms with Crippen molar-refractivity contribution in [2.45, 2.75) is 109 Å². The van der Waals surface area contributed by atoms with Gasteiger partial charge in [-0.2, -0.15) is 0 Å². The van der Waals surface area contributed by atoms with Crippen LogP contribution < -0.4 is 21.1 Å². The predicted octanol–water partition coefficient (Wildman–Crippen LogP) is 2.05. The molecule has 0 spiro atoms. The molecule has 0 bridgehead atoms. The van der Waals surface area contributed by atoms with E-state index in [1.165, 1.54) is 4.90 Å². The summed E-state index contributed by atoms with van der Waals surface area (Å²) in [5, 5.41) is 6.27. The van der Waals surface area contributed by atoms with Crippen LogP contribution in [0.25, 0.3) is 0 Å². The Balaban J connectivity index is 1.25. The summed E-state index contributed by atoms with van der Waals surface area (Å²) in [5.41, 5.74) is 4.99. The lowest BCUT2D eigenvalue weighted by molar-refractivity contribution is -0.407. The number of rotatable bonds is 8. The molecule has 4 aliphatic rings. The zero-order chi connectivity index (χ0) is 32.8. The van der Waals surface area contributed by atoms with Crippen LogP contribution in [0.15, 0.2) is 30.4 Å². The molecule has 3 heterocycles. The molecule has 3 amide bonds. The molecule has 5 N–H and O–H groups in total. The average molecular weight is 641 g/mol. The first kappa shape index (κ1) is 33.7. The molecule has 3 aliphatic heterocycles. The van der Waals surface area contributed by atoms with E-state index in [0.717, 1.165) is 49.1 Å². The third-order valence-electron chi connectivity index (χ3n) is 9.34. The number of carbonyl (C=O) groups excluding carboxylic acids is 4. The van der Waals surface area contributed by atoms with Crippen molar-refractivity contribution >= 4 is 23.9 Å². The second kappa shape index (κ2) is 14.8. The molecule has 1 saturated heterocycles. The van der Waals surface area contributed by atoms with Crippen LogP contribution in [0.2, 0.25) is 0 Å². The minimum Gasteiger partial charge on any atom is -0.492 e. The summed E-state index contributed by atoms with van der Waals surface area (Å²) in [5.74, 6) is -0.567. The van der Waals surface area contributed by atoms with Crippen LogP contribution in [0, 0.1) is 5.92 Å². The number of hydrogen-bond donors (Lipinski definition) is 3. The molecule has 1 saturated carbocycles. The van der Waals surface area contributed by atoms with Crippen molar-refractivity contribution in [2.75, 3.05) is 26.3 Å². The monoisotopic (exact) mass is 640 g/mol. The summed E-state index contributed by atoms with van der Waals surface area (Å²) < 4.78 is 17.2. The Hall–Kier alpha value is -3.64. The first-order valence-corrected chi connectivity index (χ1v) is 16.8. The van der Waals surface area contributed by atoms with Gasteiger partial charge in [0.2, 0.25) is 5.91 Å². The Labute approximate surface area is 271 Å². The van der Waals surface area contributed by atoms with E-state index in [1.54, 1.807) is 11.8 Å². The summed E-state index contributed by atoms with van der Waals surface area (Å²) in [4.78, 5) is 56.9. The van der Waals surface area contributed by atoms with E-state index in [4.69, 9.17) is 14.2 Å². The highest BCUT2D eigenvalue weighted by atomic mass is 16.6. The highest BCUT2D eigenvalue weighted by molar-refractivity contribution is 5.96. The molecule has 0 unspecified atom stereocenters. The van der Waals surface area contributed by atoms with E-state index in [0.29, 0.717) is 38.6 Å². The fourth-order valence-electron chi connectivity index (χ4n) is 6.66. The first-order chi connectivity index (χ1) is 22.1. The topological polar surface area (TPSA) is 154 Å². The second-order valence-corrected chi connectivity index (χ2v) is 13.2. The van der Waals surface area contributed by atoms with Crippen molar-refractivity contribution in [2.24, 2.45) is 5.92 Å². The van der Waals surface area contributed by atoms with Crippen LogP contribution >= 0.6 is 0 Å². The van der Waals surface area contributed by atoms with Crippen LogP contribution in [0.3, 0.4) is 0 Å². The molecule has 46 heavy (non-hydrogen) atoms. The quantitative estimate of drug-likeness (QED) is 0.222. The first-order valence-electron chi connectivity index (χ1n) is 16.8. The van der Waals surface area contributed by atoms with Crippen molar-refractivity contribution in [3.8, 4) is 5.75 Å². The number of amides is 3. The summed E-state index contributed by atoms with van der Waals surface area (Å²) in [6, 6.07) is 4.81. The van der Waals surface area contributed by atoms with E-state index in [1.807, 2.05) is 24.3 Å². The Kier molecular flexibility index (Phi) is 10.9. The number of ether oxygens (including phenoxy) is 3. The maximum atomic E-state index is 13.8. The van der Waals surface area contributed by atoms with Gasteiger partial charge in [-0.1, -0.05) is 38.5 Å². The molecule has 1 aromatic rings. The molecule has 1 aliphatic carbocycles. The van der Waals surface area contributed by atoms with Crippen molar-refractivity contribution in [1.29, 1.82) is 0 Å². The number of nitrogens with zero attached hydrogens (tertiary/aromatic N) is 2. The maximum absolute atomic E-state index is 13.8. The second-order valence-electron chi connectivity index (χ2n) is 13.2. The number of nitrogens with one attached hydrogen (secondary N) is 2. The highest BCUT2D eigenvalue weighted by Gasteiger charge is 2.62. The third kappa shape index (κ3) is 7.83. The molecule has 0 radical (unpaired) electrons. The molecule has 0 aromatic heterocycles. The highest BCUT2D eigenvalue weighted by Crippen LogP contribution is 2.46. The number of esters is 1. The third-order valence-corrected chi connectivity index (χ3v) is 9.34. The molecular formula is C34H50N5O7+. The van der Waals surface area contributed by atoms with Crippen LogP contribution in [-0.4, -0.2) is 89.7 Å². The number of quaternary nitrogens is 1. The van der Waals surface area contributed by atoms with E-state index in [-0.39, 0.29) is 31.4 Å². The Morgan fingerprint density at radius 1 is 1.15 bits per heavy atom. The Morgan fingerprint density at radius 3 is 2.74 bits per heavy atom. The van der Waals surface area contributed by atoms with Gasteiger partial charge in [-0.3, -0.25) is 14.5 Å². The van der Waals surface area contributed by atoms with E-state index in [9.17, 15) is 19.2 Å². The van der Waals surface area contributed by atoms with Crippen molar-refractivity contribution in [3.63, 3.8) is 0 Å². The number of benzene rings is 1. The zero-order valence-electron chi connectivity index (χ0n) is 27.4. The van der Waals surface area contributed by atoms with Crippen LogP contribution in [0.5, 0.6) is 5.75 Å². The minimum absolute atomic E-state index is 0.0909. The lowest BCUT2D eigenvalue weighted by Crippen LogP contribution is -2.69. The van der Waals surface area contributed by atoms with E-state index in [2.05, 4.69) is 36.3 Å². The zero-order valence-corrected chi connectivity index (χ0v) is 27.4. The summed E-state index contributed by atoms with van der Waals surface area (Å²) in [6.45, 7) is 8.27. The summed E-state index contributed by atoms with van der Waals surface area (Å²) in [6.07, 6.45) is 7.73. The molecule has 5 rings (SSSR count). The molecule has 2 fully saturated rings. The van der Waals surface area contributed by atoms with E-state index < -0.39 is 41.7 Å². The largest absolute Gasteiger partial charge is 0.492 e. The maximum Gasteiger partial charge on any atom is 0.410 e. The SMILES string of the molecule is CCOC(=O)[C@@]12C[C@@H]1/C=C\CCCCC[C@H]([NH3+])C(=O)N1C[C@H](OC(=O)N3Cc4ccc(OCCNC(C)C)cc4C3)C[C@H]1C(=O)N2. The normalized spacial score (nSPS) is 28.7. The Morgan fingerprint density at radius 2 is 1.96 bits per heavy atom. The lowest BCUT2D eigenvalue weighted by Gasteiger charge is -2.27. The van der Waals surface area contributed by atoms with Gasteiger partial charge in [0.05, 0.1) is 13.2 Å². The smallest absolute Gasteiger partial charge is 0.410 e. The number of hydrogen-bond acceptors (Lipinski definition) is 8. The average Bonchev–Trinajstić information content (AvgIpc) is 3.33. The number of carbonyl (C=O) groups is 4. The standard InChI is InChI=1S/C34H49N5O7/c1-4-44-32(42)34-18-25(34)10-8-6-5-7-9-11-28(35)31(41)39-21-27(17-29(39)30(40)37-34)46-33(43)38-19-23-12-13-26(16-24(23)20-38)45-15-14-36-22(2)3/h8,10,12-13,16,22,25,27-29,36H,4-7,9,11,14-15,17-21,35H2,1-3H3,(H,37,40)/p+1/b10-8-/t25-,27+,28-,29-,34+/m0/s1. The fraction of sp³-hybridized carbons (Fsp3) is 0.647. The van der Waals surface area contributed by atoms with Gasteiger partial charge in [-0.25, -0.2) is 9.59 Å². The van der Waals surface area contributed by atoms with Gasteiger partial charge in [0.25, 0.3) is 5.91 Å². The van der Waals surface area contributed by atoms with Gasteiger partial charge in [-0.15, -0.1) is 0 Å². The van der Waals surface area contributed by atoms with Gasteiger partial charge in [0, 0.05) is 44.4 Å². The predicted molar refractivity (Wildman–Crippen MR) is 169 cm³/mol. The molecule has 12 heteroatoms. The van der Waals surface area contributed by atoms with Gasteiger partial charge >= 0.3 is 12.1 Å². The molecule has 252 valence electrons. The van der Waals surface area contributed by atoms with Crippen LogP contribution in [0.4, 0.5) is 4.79 Å². The fourth-order valence-corrected chi connectivity index (χ4v) is 6.66. The summed E-state index contributed by atoms with van der Waals surface area (Å²) >= 11 is 0. The minimum atomic E-state index is -1.15. The van der Waals surface area contributed by atoms with Gasteiger partial charge in [-0.05, 0) is 55.9 Å². The summed E-state index contributed by atoms with van der Waals surface area (Å²) in [7, 11) is 0.